The summed E-state index contributed by atoms with van der Waals surface area (Å²) < 4.78 is 32.3. The van der Waals surface area contributed by atoms with Gasteiger partial charge in [-0.15, -0.1) is 0 Å². The lowest BCUT2D eigenvalue weighted by molar-refractivity contribution is -0.143. The molecule has 7 nitrogen and oxygen atoms in total. The van der Waals surface area contributed by atoms with Gasteiger partial charge in [-0.05, 0) is 50.8 Å². The molecule has 1 heterocycles. The summed E-state index contributed by atoms with van der Waals surface area (Å²) in [5.41, 5.74) is 0.810. The van der Waals surface area contributed by atoms with Gasteiger partial charge < -0.3 is 9.84 Å². The Labute approximate surface area is 154 Å². The van der Waals surface area contributed by atoms with Gasteiger partial charge in [0.05, 0.1) is 22.5 Å². The molecule has 1 aromatic rings. The second-order valence-electron chi connectivity index (χ2n) is 7.13. The molecule has 0 bridgehead atoms. The Morgan fingerprint density at radius 3 is 2.50 bits per heavy atom. The highest BCUT2D eigenvalue weighted by atomic mass is 32.2. The number of ether oxygens (including phenoxy) is 1. The van der Waals surface area contributed by atoms with Gasteiger partial charge in [-0.3, -0.25) is 4.79 Å². The molecule has 1 fully saturated rings. The summed E-state index contributed by atoms with van der Waals surface area (Å²) in [5.74, 6) is -2.37. The maximum Gasteiger partial charge on any atom is 0.338 e. The second-order valence-corrected chi connectivity index (χ2v) is 9.07. The Morgan fingerprint density at radius 2 is 1.92 bits per heavy atom. The van der Waals surface area contributed by atoms with Crippen molar-refractivity contribution < 1.29 is 27.9 Å². The van der Waals surface area contributed by atoms with Crippen LogP contribution in [-0.4, -0.2) is 49.0 Å². The molecular weight excluding hydrogens is 358 g/mol. The van der Waals surface area contributed by atoms with E-state index < -0.39 is 27.9 Å². The van der Waals surface area contributed by atoms with Crippen molar-refractivity contribution in [2.24, 2.45) is 11.8 Å². The molecule has 2 atom stereocenters. The van der Waals surface area contributed by atoms with Crippen molar-refractivity contribution in [3.63, 3.8) is 0 Å². The zero-order chi connectivity index (χ0) is 19.6. The predicted octanol–water partition coefficient (Wildman–Crippen LogP) is 2.29. The molecule has 0 radical (unpaired) electrons. The number of carboxylic acid groups (broad SMARTS) is 1. The number of sulfonamides is 1. The number of piperidine rings is 1. The zero-order valence-electron chi connectivity index (χ0n) is 15.4. The number of esters is 1. The van der Waals surface area contributed by atoms with Crippen LogP contribution in [0.25, 0.3) is 0 Å². The van der Waals surface area contributed by atoms with Crippen LogP contribution in [0, 0.1) is 18.8 Å². The van der Waals surface area contributed by atoms with Crippen LogP contribution in [-0.2, 0) is 19.6 Å². The van der Waals surface area contributed by atoms with E-state index in [1.54, 1.807) is 26.8 Å². The van der Waals surface area contributed by atoms with E-state index in [9.17, 15) is 23.1 Å². The molecule has 1 aromatic carbocycles. The van der Waals surface area contributed by atoms with E-state index in [1.165, 1.54) is 16.4 Å². The average molecular weight is 383 g/mol. The van der Waals surface area contributed by atoms with Crippen LogP contribution in [0.2, 0.25) is 0 Å². The van der Waals surface area contributed by atoms with Gasteiger partial charge in [0.2, 0.25) is 10.0 Å². The fourth-order valence-corrected chi connectivity index (χ4v) is 4.72. The van der Waals surface area contributed by atoms with Crippen LogP contribution >= 0.6 is 0 Å². The Kier molecular flexibility index (Phi) is 6.08. The topological polar surface area (TPSA) is 101 Å². The van der Waals surface area contributed by atoms with Crippen LogP contribution in [0.4, 0.5) is 0 Å². The van der Waals surface area contributed by atoms with Gasteiger partial charge in [-0.1, -0.05) is 13.0 Å². The van der Waals surface area contributed by atoms with Crippen molar-refractivity contribution in [3.8, 4) is 0 Å². The van der Waals surface area contributed by atoms with Crippen LogP contribution < -0.4 is 0 Å². The predicted molar refractivity (Wildman–Crippen MR) is 95.4 cm³/mol. The average Bonchev–Trinajstić information content (AvgIpc) is 2.53. The van der Waals surface area contributed by atoms with Gasteiger partial charge in [0.1, 0.15) is 0 Å². The fraction of sp³-hybridized carbons (Fsp3) is 0.556. The molecule has 0 spiro atoms. The van der Waals surface area contributed by atoms with Crippen molar-refractivity contribution in [1.82, 2.24) is 4.31 Å². The van der Waals surface area contributed by atoms with Crippen LogP contribution in [0.5, 0.6) is 0 Å². The van der Waals surface area contributed by atoms with Crippen molar-refractivity contribution >= 4 is 22.0 Å². The van der Waals surface area contributed by atoms with Crippen LogP contribution in [0.3, 0.4) is 0 Å². The number of aliphatic carboxylic acids is 1. The van der Waals surface area contributed by atoms with Crippen LogP contribution in [0.15, 0.2) is 23.1 Å². The van der Waals surface area contributed by atoms with E-state index in [0.717, 1.165) is 0 Å². The molecule has 1 aliphatic rings. The third-order valence-electron chi connectivity index (χ3n) is 4.38. The lowest BCUT2D eigenvalue weighted by Gasteiger charge is -2.33. The first-order valence-electron chi connectivity index (χ1n) is 8.57. The Balaban J connectivity index is 2.37. The number of carbonyl (C=O) groups is 2. The number of nitrogens with zero attached hydrogens (tertiary/aromatic N) is 1. The van der Waals surface area contributed by atoms with Gasteiger partial charge >= 0.3 is 11.9 Å². The third-order valence-corrected chi connectivity index (χ3v) is 6.21. The first-order chi connectivity index (χ1) is 12.0. The van der Waals surface area contributed by atoms with Gasteiger partial charge in [-0.2, -0.15) is 4.31 Å². The number of aryl methyl sites for hydroxylation is 1. The van der Waals surface area contributed by atoms with E-state index in [-0.39, 0.29) is 35.6 Å². The maximum atomic E-state index is 13.0. The van der Waals surface area contributed by atoms with Gasteiger partial charge in [0.25, 0.3) is 0 Å². The molecule has 1 saturated heterocycles. The van der Waals surface area contributed by atoms with Crippen molar-refractivity contribution in [2.45, 2.75) is 45.1 Å². The summed E-state index contributed by atoms with van der Waals surface area (Å²) >= 11 is 0. The number of carbonyl (C=O) groups excluding carboxylic acids is 1. The maximum absolute atomic E-state index is 13.0. The molecule has 0 amide bonds. The number of hydrogen-bond donors (Lipinski definition) is 1. The summed E-state index contributed by atoms with van der Waals surface area (Å²) in [4.78, 5) is 23.5. The van der Waals surface area contributed by atoms with E-state index in [2.05, 4.69) is 0 Å². The minimum Gasteiger partial charge on any atom is -0.481 e. The second kappa shape index (κ2) is 7.75. The highest BCUT2D eigenvalue weighted by Crippen LogP contribution is 2.28. The molecule has 8 heteroatoms. The Hall–Kier alpha value is -1.93. The molecule has 1 aliphatic heterocycles. The molecule has 0 aromatic heterocycles. The minimum atomic E-state index is -3.90. The van der Waals surface area contributed by atoms with Gasteiger partial charge in [0.15, 0.2) is 0 Å². The van der Waals surface area contributed by atoms with E-state index in [1.807, 2.05) is 6.92 Å². The highest BCUT2D eigenvalue weighted by molar-refractivity contribution is 7.89. The summed E-state index contributed by atoms with van der Waals surface area (Å²) in [6.07, 6.45) is 0.128. The van der Waals surface area contributed by atoms with Crippen molar-refractivity contribution in [2.75, 3.05) is 13.1 Å². The molecule has 144 valence electrons. The normalized spacial score (nSPS) is 21.6. The lowest BCUT2D eigenvalue weighted by Crippen LogP contribution is -2.45. The molecule has 0 aliphatic carbocycles. The molecule has 2 rings (SSSR count). The molecule has 2 unspecified atom stereocenters. The highest BCUT2D eigenvalue weighted by Gasteiger charge is 2.36. The molecule has 26 heavy (non-hydrogen) atoms. The summed E-state index contributed by atoms with van der Waals surface area (Å²) in [6.45, 7) is 7.16. The number of carboxylic acids is 1. The zero-order valence-corrected chi connectivity index (χ0v) is 16.2. The number of benzene rings is 1. The van der Waals surface area contributed by atoms with E-state index in [0.29, 0.717) is 12.0 Å². The Bertz CT molecular complexity index is 802. The summed E-state index contributed by atoms with van der Waals surface area (Å²) in [5, 5.41) is 9.26. The fourth-order valence-electron chi connectivity index (χ4n) is 3.09. The quantitative estimate of drug-likeness (QED) is 0.783. The first kappa shape index (κ1) is 20.4. The standard InChI is InChI=1S/C18H25NO6S/c1-11(2)25-18(22)16-8-15(6-5-13(16)4)26(23,24)19-9-12(3)7-14(10-19)17(20)21/h5-6,8,11-12,14H,7,9-10H2,1-4H3,(H,20,21). The SMILES string of the molecule is Cc1ccc(S(=O)(=O)N2CC(C)CC(C(=O)O)C2)cc1C(=O)OC(C)C. The molecular formula is C18H25NO6S. The van der Waals surface area contributed by atoms with Gasteiger partial charge in [-0.25, -0.2) is 13.2 Å². The third kappa shape index (κ3) is 4.42. The largest absolute Gasteiger partial charge is 0.481 e. The Morgan fingerprint density at radius 1 is 1.27 bits per heavy atom. The lowest BCUT2D eigenvalue weighted by atomic mass is 9.92. The van der Waals surface area contributed by atoms with E-state index >= 15 is 0 Å². The molecule has 0 saturated carbocycles. The number of hydrogen-bond acceptors (Lipinski definition) is 5. The van der Waals surface area contributed by atoms with Crippen LogP contribution in [0.1, 0.15) is 43.1 Å². The monoisotopic (exact) mass is 383 g/mol. The molecule has 1 N–H and O–H groups in total. The van der Waals surface area contributed by atoms with E-state index in [4.69, 9.17) is 4.74 Å². The van der Waals surface area contributed by atoms with Crippen molar-refractivity contribution in [1.29, 1.82) is 0 Å². The summed E-state index contributed by atoms with van der Waals surface area (Å²) in [7, 11) is -3.90. The van der Waals surface area contributed by atoms with Crippen molar-refractivity contribution in [3.05, 3.63) is 29.3 Å². The summed E-state index contributed by atoms with van der Waals surface area (Å²) in [6, 6.07) is 4.31. The van der Waals surface area contributed by atoms with Gasteiger partial charge in [0, 0.05) is 13.1 Å². The minimum absolute atomic E-state index is 0.0305. The first-order valence-corrected chi connectivity index (χ1v) is 10.0. The smallest absolute Gasteiger partial charge is 0.338 e. The number of rotatable bonds is 5.